The highest BCUT2D eigenvalue weighted by Crippen LogP contribution is 2.18. The Morgan fingerprint density at radius 3 is 2.71 bits per heavy atom. The largest absolute Gasteiger partial charge is 0.370 e. The van der Waals surface area contributed by atoms with Crippen LogP contribution in [0.1, 0.15) is 24.4 Å². The average Bonchev–Trinajstić information content (AvgIpc) is 2.64. The van der Waals surface area contributed by atoms with Crippen molar-refractivity contribution in [1.82, 2.24) is 9.97 Å². The van der Waals surface area contributed by atoms with E-state index in [0.29, 0.717) is 11.9 Å². The zero-order valence-electron chi connectivity index (χ0n) is 9.19. The van der Waals surface area contributed by atoms with Crippen LogP contribution in [0.25, 0.3) is 11.0 Å². The first kappa shape index (κ1) is 11.4. The number of hydrogen-bond donors (Lipinski definition) is 4. The lowest BCUT2D eigenvalue weighted by atomic mass is 10.0. The molecule has 0 aliphatic rings. The Labute approximate surface area is 97.0 Å². The van der Waals surface area contributed by atoms with Gasteiger partial charge in [0.05, 0.1) is 11.0 Å². The van der Waals surface area contributed by atoms with E-state index in [0.717, 1.165) is 11.1 Å². The second-order valence-electron chi connectivity index (χ2n) is 4.00. The van der Waals surface area contributed by atoms with Gasteiger partial charge in [-0.25, -0.2) is 4.79 Å². The number of benzene rings is 1. The van der Waals surface area contributed by atoms with Gasteiger partial charge in [-0.3, -0.25) is 4.79 Å². The maximum atomic E-state index is 11.1. The van der Waals surface area contributed by atoms with Crippen molar-refractivity contribution in [3.8, 4) is 0 Å². The highest BCUT2D eigenvalue weighted by atomic mass is 16.1. The van der Waals surface area contributed by atoms with E-state index >= 15 is 0 Å². The third-order valence-corrected chi connectivity index (χ3v) is 2.67. The fraction of sp³-hybridized carbons (Fsp3) is 0.273. The Balaban J connectivity index is 2.23. The van der Waals surface area contributed by atoms with Crippen molar-refractivity contribution in [3.05, 3.63) is 34.2 Å². The predicted molar refractivity (Wildman–Crippen MR) is 64.3 cm³/mol. The molecule has 6 nitrogen and oxygen atoms in total. The maximum Gasteiger partial charge on any atom is 0.323 e. The third-order valence-electron chi connectivity index (χ3n) is 2.67. The van der Waals surface area contributed by atoms with Crippen LogP contribution < -0.4 is 17.2 Å². The Bertz CT molecular complexity index is 599. The number of nitrogens with two attached hydrogens (primary N) is 2. The minimum Gasteiger partial charge on any atom is -0.370 e. The van der Waals surface area contributed by atoms with Crippen LogP contribution in [-0.4, -0.2) is 15.9 Å². The molecule has 1 amide bonds. The van der Waals surface area contributed by atoms with Gasteiger partial charge in [0, 0.05) is 12.5 Å². The molecule has 6 heteroatoms. The number of carbonyl (C=O) groups is 1. The van der Waals surface area contributed by atoms with Crippen LogP contribution in [0.3, 0.4) is 0 Å². The Morgan fingerprint density at radius 1 is 1.29 bits per heavy atom. The Kier molecular flexibility index (Phi) is 2.97. The van der Waals surface area contributed by atoms with E-state index in [2.05, 4.69) is 9.97 Å². The molecule has 0 saturated carbocycles. The molecule has 0 fully saturated rings. The number of rotatable bonds is 4. The summed E-state index contributed by atoms with van der Waals surface area (Å²) >= 11 is 0. The van der Waals surface area contributed by atoms with E-state index in [1.54, 1.807) is 12.1 Å². The monoisotopic (exact) mass is 234 g/mol. The number of aromatic nitrogens is 2. The van der Waals surface area contributed by atoms with E-state index in [4.69, 9.17) is 11.5 Å². The highest BCUT2D eigenvalue weighted by molar-refractivity contribution is 5.75. The van der Waals surface area contributed by atoms with Crippen LogP contribution >= 0.6 is 0 Å². The number of fused-ring (bicyclic) bond motifs is 1. The summed E-state index contributed by atoms with van der Waals surface area (Å²) in [5.41, 5.74) is 13.1. The summed E-state index contributed by atoms with van der Waals surface area (Å²) in [7, 11) is 0. The number of primary amides is 1. The minimum absolute atomic E-state index is 0.247. The van der Waals surface area contributed by atoms with Gasteiger partial charge < -0.3 is 21.4 Å². The molecule has 0 radical (unpaired) electrons. The van der Waals surface area contributed by atoms with Crippen molar-refractivity contribution >= 4 is 16.9 Å². The summed E-state index contributed by atoms with van der Waals surface area (Å²) in [5.74, 6) is -0.364. The minimum atomic E-state index is -0.364. The van der Waals surface area contributed by atoms with Gasteiger partial charge in [0.25, 0.3) is 0 Å². The summed E-state index contributed by atoms with van der Waals surface area (Å²) in [6, 6.07) is 5.16. The van der Waals surface area contributed by atoms with Crippen molar-refractivity contribution in [2.24, 2.45) is 11.5 Å². The first-order valence-corrected chi connectivity index (χ1v) is 5.32. The first-order chi connectivity index (χ1) is 8.06. The van der Waals surface area contributed by atoms with Gasteiger partial charge in [-0.05, 0) is 24.1 Å². The molecule has 1 atom stereocenters. The highest BCUT2D eigenvalue weighted by Gasteiger charge is 2.09. The van der Waals surface area contributed by atoms with Crippen LogP contribution in [0.2, 0.25) is 0 Å². The molecule has 0 spiro atoms. The van der Waals surface area contributed by atoms with Crippen molar-refractivity contribution in [3.63, 3.8) is 0 Å². The number of amides is 1. The molecular weight excluding hydrogens is 220 g/mol. The van der Waals surface area contributed by atoms with Gasteiger partial charge in [-0.15, -0.1) is 0 Å². The average molecular weight is 234 g/mol. The molecule has 2 aromatic rings. The van der Waals surface area contributed by atoms with E-state index in [1.807, 2.05) is 6.07 Å². The fourth-order valence-electron chi connectivity index (χ4n) is 1.75. The molecule has 1 aromatic heterocycles. The number of carbonyl (C=O) groups excluding carboxylic acids is 1. The van der Waals surface area contributed by atoms with Crippen LogP contribution in [0, 0.1) is 0 Å². The topological polar surface area (TPSA) is 118 Å². The molecule has 1 unspecified atom stereocenters. The molecule has 17 heavy (non-hydrogen) atoms. The molecule has 0 bridgehead atoms. The van der Waals surface area contributed by atoms with E-state index in [1.165, 1.54) is 0 Å². The van der Waals surface area contributed by atoms with Gasteiger partial charge >= 0.3 is 5.69 Å². The Hall–Kier alpha value is -2.08. The summed E-state index contributed by atoms with van der Waals surface area (Å²) in [6.45, 7) is 0. The Morgan fingerprint density at radius 2 is 2.00 bits per heavy atom. The SMILES string of the molecule is NC(=O)CCC(N)c1ccc2[nH]c(=O)[nH]c2c1. The summed E-state index contributed by atoms with van der Waals surface area (Å²) in [5, 5.41) is 0. The lowest BCUT2D eigenvalue weighted by Gasteiger charge is -2.10. The number of aromatic amines is 2. The quantitative estimate of drug-likeness (QED) is 0.601. The third kappa shape index (κ3) is 2.54. The lowest BCUT2D eigenvalue weighted by Crippen LogP contribution is -2.16. The van der Waals surface area contributed by atoms with Gasteiger partial charge in [0.2, 0.25) is 5.91 Å². The maximum absolute atomic E-state index is 11.1. The molecule has 0 aliphatic heterocycles. The molecule has 0 saturated heterocycles. The van der Waals surface area contributed by atoms with Crippen LogP contribution in [0.4, 0.5) is 0 Å². The van der Waals surface area contributed by atoms with E-state index in [9.17, 15) is 9.59 Å². The summed E-state index contributed by atoms with van der Waals surface area (Å²) in [4.78, 5) is 27.1. The van der Waals surface area contributed by atoms with Crippen molar-refractivity contribution < 1.29 is 4.79 Å². The predicted octanol–water partition coefficient (Wildman–Crippen LogP) is 0.121. The second kappa shape index (κ2) is 4.42. The smallest absolute Gasteiger partial charge is 0.323 e. The van der Waals surface area contributed by atoms with Gasteiger partial charge in [-0.2, -0.15) is 0 Å². The summed E-state index contributed by atoms with van der Waals surface area (Å²) in [6.07, 6.45) is 0.748. The standard InChI is InChI=1S/C11H14N4O2/c12-7(2-4-10(13)16)6-1-3-8-9(5-6)15-11(17)14-8/h1,3,5,7H,2,4,12H2,(H2,13,16)(H2,14,15,17). The molecule has 1 heterocycles. The molecule has 0 aliphatic carbocycles. The van der Waals surface area contributed by atoms with Crippen molar-refractivity contribution in [2.75, 3.05) is 0 Å². The molecule has 90 valence electrons. The van der Waals surface area contributed by atoms with Crippen LogP contribution in [0.15, 0.2) is 23.0 Å². The number of nitrogens with one attached hydrogen (secondary N) is 2. The molecule has 2 rings (SSSR count). The lowest BCUT2D eigenvalue weighted by molar-refractivity contribution is -0.118. The van der Waals surface area contributed by atoms with E-state index < -0.39 is 0 Å². The van der Waals surface area contributed by atoms with Crippen LogP contribution in [0.5, 0.6) is 0 Å². The number of hydrogen-bond acceptors (Lipinski definition) is 3. The zero-order chi connectivity index (χ0) is 12.4. The number of imidazole rings is 1. The molecule has 1 aromatic carbocycles. The van der Waals surface area contributed by atoms with Gasteiger partial charge in [0.15, 0.2) is 0 Å². The normalized spacial score (nSPS) is 12.8. The fourth-order valence-corrected chi connectivity index (χ4v) is 1.75. The van der Waals surface area contributed by atoms with Crippen LogP contribution in [-0.2, 0) is 4.79 Å². The van der Waals surface area contributed by atoms with E-state index in [-0.39, 0.29) is 24.1 Å². The molecular formula is C11H14N4O2. The second-order valence-corrected chi connectivity index (χ2v) is 4.00. The van der Waals surface area contributed by atoms with Crippen molar-refractivity contribution in [2.45, 2.75) is 18.9 Å². The summed E-state index contributed by atoms with van der Waals surface area (Å²) < 4.78 is 0. The zero-order valence-corrected chi connectivity index (χ0v) is 9.19. The van der Waals surface area contributed by atoms with Crippen molar-refractivity contribution in [1.29, 1.82) is 0 Å². The van der Waals surface area contributed by atoms with Gasteiger partial charge in [-0.1, -0.05) is 6.07 Å². The van der Waals surface area contributed by atoms with Gasteiger partial charge in [0.1, 0.15) is 0 Å². The first-order valence-electron chi connectivity index (χ1n) is 5.32. The number of H-pyrrole nitrogens is 2. The molecule has 6 N–H and O–H groups in total.